The number of benzene rings is 3. The lowest BCUT2D eigenvalue weighted by Gasteiger charge is -2.23. The van der Waals surface area contributed by atoms with Gasteiger partial charge in [0, 0.05) is 12.5 Å². The van der Waals surface area contributed by atoms with Crippen LogP contribution in [0.15, 0.2) is 90.0 Å². The predicted octanol–water partition coefficient (Wildman–Crippen LogP) is 4.95. The molecule has 3 aromatic rings. The van der Waals surface area contributed by atoms with Crippen LogP contribution in [0.3, 0.4) is 0 Å². The van der Waals surface area contributed by atoms with Gasteiger partial charge in [-0.3, -0.25) is 15.1 Å². The van der Waals surface area contributed by atoms with Gasteiger partial charge < -0.3 is 0 Å². The molecule has 0 bridgehead atoms. The zero-order chi connectivity index (χ0) is 17.9. The first-order chi connectivity index (χ1) is 12.7. The van der Waals surface area contributed by atoms with Crippen LogP contribution in [0.1, 0.15) is 23.6 Å². The average Bonchev–Trinajstić information content (AvgIpc) is 3.14. The van der Waals surface area contributed by atoms with E-state index in [0.717, 1.165) is 17.0 Å². The van der Waals surface area contributed by atoms with Crippen molar-refractivity contribution < 1.29 is 4.92 Å². The molecule has 26 heavy (non-hydrogen) atoms. The van der Waals surface area contributed by atoms with E-state index in [1.165, 1.54) is 0 Å². The van der Waals surface area contributed by atoms with Crippen LogP contribution in [0.25, 0.3) is 0 Å². The normalized spacial score (nSPS) is 16.4. The standard InChI is InChI=1S/C21H17N3O2/c25-24(26)20-14-8-7-13-18(20)21-15-19(16-9-3-1-4-10-16)22-23(21)17-11-5-2-6-12-17/h1-14,21H,15H2. The number of hydrazone groups is 1. The van der Waals surface area contributed by atoms with E-state index in [-0.39, 0.29) is 16.7 Å². The van der Waals surface area contributed by atoms with Gasteiger partial charge in [0.05, 0.1) is 27.9 Å². The van der Waals surface area contributed by atoms with Crippen molar-refractivity contribution in [1.29, 1.82) is 0 Å². The van der Waals surface area contributed by atoms with E-state index in [1.54, 1.807) is 12.1 Å². The second kappa shape index (κ2) is 6.80. The van der Waals surface area contributed by atoms with Gasteiger partial charge in [-0.25, -0.2) is 0 Å². The Labute approximate surface area is 151 Å². The lowest BCUT2D eigenvalue weighted by Crippen LogP contribution is -2.19. The van der Waals surface area contributed by atoms with Crippen molar-refractivity contribution >= 4 is 17.1 Å². The van der Waals surface area contributed by atoms with Crippen LogP contribution in [0.4, 0.5) is 11.4 Å². The van der Waals surface area contributed by atoms with E-state index in [4.69, 9.17) is 5.10 Å². The Kier molecular flexibility index (Phi) is 4.19. The predicted molar refractivity (Wildman–Crippen MR) is 102 cm³/mol. The monoisotopic (exact) mass is 343 g/mol. The molecule has 0 saturated heterocycles. The Morgan fingerprint density at radius 3 is 2.19 bits per heavy atom. The highest BCUT2D eigenvalue weighted by Gasteiger charge is 2.33. The molecule has 0 spiro atoms. The summed E-state index contributed by atoms with van der Waals surface area (Å²) in [6, 6.07) is 26.4. The zero-order valence-electron chi connectivity index (χ0n) is 14.0. The second-order valence-corrected chi connectivity index (χ2v) is 6.13. The molecule has 0 aliphatic carbocycles. The number of nitrogens with zero attached hydrogens (tertiary/aromatic N) is 3. The Morgan fingerprint density at radius 2 is 1.50 bits per heavy atom. The number of hydrogen-bond donors (Lipinski definition) is 0. The molecule has 1 aliphatic rings. The van der Waals surface area contributed by atoms with Crippen molar-refractivity contribution in [3.63, 3.8) is 0 Å². The van der Waals surface area contributed by atoms with Gasteiger partial charge in [-0.2, -0.15) is 5.10 Å². The van der Waals surface area contributed by atoms with Crippen molar-refractivity contribution in [2.45, 2.75) is 12.5 Å². The summed E-state index contributed by atoms with van der Waals surface area (Å²) in [5, 5.41) is 18.2. The Bertz CT molecular complexity index is 955. The summed E-state index contributed by atoms with van der Waals surface area (Å²) in [4.78, 5) is 11.2. The summed E-state index contributed by atoms with van der Waals surface area (Å²) in [7, 11) is 0. The number of para-hydroxylation sites is 2. The van der Waals surface area contributed by atoms with Crippen molar-refractivity contribution in [1.82, 2.24) is 0 Å². The molecule has 128 valence electrons. The first-order valence-electron chi connectivity index (χ1n) is 8.44. The van der Waals surface area contributed by atoms with E-state index >= 15 is 0 Å². The highest BCUT2D eigenvalue weighted by molar-refractivity contribution is 6.03. The van der Waals surface area contributed by atoms with Gasteiger partial charge in [0.1, 0.15) is 0 Å². The molecule has 3 aromatic carbocycles. The molecule has 0 amide bonds. The first-order valence-corrected chi connectivity index (χ1v) is 8.44. The molecule has 1 atom stereocenters. The molecule has 0 aromatic heterocycles. The van der Waals surface area contributed by atoms with Gasteiger partial charge in [0.2, 0.25) is 0 Å². The third kappa shape index (κ3) is 2.95. The molecule has 0 radical (unpaired) electrons. The van der Waals surface area contributed by atoms with E-state index in [1.807, 2.05) is 77.8 Å². The largest absolute Gasteiger partial charge is 0.274 e. The van der Waals surface area contributed by atoms with Crippen LogP contribution in [-0.2, 0) is 0 Å². The highest BCUT2D eigenvalue weighted by Crippen LogP contribution is 2.39. The first kappa shape index (κ1) is 16.0. The van der Waals surface area contributed by atoms with E-state index in [2.05, 4.69) is 0 Å². The third-order valence-electron chi connectivity index (χ3n) is 4.53. The molecular weight excluding hydrogens is 326 g/mol. The smallest absolute Gasteiger partial charge is 0.258 e. The van der Waals surface area contributed by atoms with Gasteiger partial charge in [0.15, 0.2) is 0 Å². The molecule has 4 rings (SSSR count). The molecule has 0 fully saturated rings. The summed E-state index contributed by atoms with van der Waals surface area (Å²) in [5.74, 6) is 0. The van der Waals surface area contributed by atoms with Crippen LogP contribution in [-0.4, -0.2) is 10.6 Å². The molecule has 0 N–H and O–H groups in total. The van der Waals surface area contributed by atoms with Crippen molar-refractivity contribution in [3.8, 4) is 0 Å². The Hall–Kier alpha value is -3.47. The van der Waals surface area contributed by atoms with E-state index in [0.29, 0.717) is 12.0 Å². The van der Waals surface area contributed by atoms with Gasteiger partial charge in [-0.15, -0.1) is 0 Å². The number of hydrogen-bond acceptors (Lipinski definition) is 4. The lowest BCUT2D eigenvalue weighted by atomic mass is 9.97. The van der Waals surface area contributed by atoms with Gasteiger partial charge in [0.25, 0.3) is 5.69 Å². The average molecular weight is 343 g/mol. The van der Waals surface area contributed by atoms with Crippen LogP contribution >= 0.6 is 0 Å². The molecule has 1 unspecified atom stereocenters. The number of nitro groups is 1. The van der Waals surface area contributed by atoms with Crippen molar-refractivity contribution in [2.24, 2.45) is 5.10 Å². The minimum Gasteiger partial charge on any atom is -0.258 e. The van der Waals surface area contributed by atoms with Crippen LogP contribution < -0.4 is 5.01 Å². The fraction of sp³-hybridized carbons (Fsp3) is 0.0952. The lowest BCUT2D eigenvalue weighted by molar-refractivity contribution is -0.385. The van der Waals surface area contributed by atoms with Gasteiger partial charge >= 0.3 is 0 Å². The SMILES string of the molecule is O=[N+]([O-])c1ccccc1C1CC(c2ccccc2)=NN1c1ccccc1. The van der Waals surface area contributed by atoms with Crippen LogP contribution in [0, 0.1) is 10.1 Å². The summed E-state index contributed by atoms with van der Waals surface area (Å²) in [5.41, 5.74) is 3.69. The maximum Gasteiger partial charge on any atom is 0.274 e. The minimum atomic E-state index is -0.320. The molecule has 0 saturated carbocycles. The fourth-order valence-electron chi connectivity index (χ4n) is 3.31. The third-order valence-corrected chi connectivity index (χ3v) is 4.53. The maximum atomic E-state index is 11.5. The summed E-state index contributed by atoms with van der Waals surface area (Å²) >= 11 is 0. The molecule has 5 nitrogen and oxygen atoms in total. The molecular formula is C21H17N3O2. The summed E-state index contributed by atoms with van der Waals surface area (Å²) in [6.45, 7) is 0. The van der Waals surface area contributed by atoms with Gasteiger partial charge in [-0.1, -0.05) is 60.7 Å². The zero-order valence-corrected chi connectivity index (χ0v) is 14.0. The summed E-state index contributed by atoms with van der Waals surface area (Å²) < 4.78 is 0. The number of anilines is 1. The van der Waals surface area contributed by atoms with Crippen molar-refractivity contribution in [3.05, 3.63) is 106 Å². The Balaban J connectivity index is 1.80. The molecule has 1 heterocycles. The fourth-order valence-corrected chi connectivity index (χ4v) is 3.31. The quantitative estimate of drug-likeness (QED) is 0.497. The number of rotatable bonds is 4. The highest BCUT2D eigenvalue weighted by atomic mass is 16.6. The topological polar surface area (TPSA) is 58.7 Å². The van der Waals surface area contributed by atoms with E-state index in [9.17, 15) is 10.1 Å². The van der Waals surface area contributed by atoms with Crippen LogP contribution in [0.5, 0.6) is 0 Å². The molecule has 1 aliphatic heterocycles. The number of nitro benzene ring substituents is 1. The van der Waals surface area contributed by atoms with E-state index < -0.39 is 0 Å². The summed E-state index contributed by atoms with van der Waals surface area (Å²) in [6.07, 6.45) is 0.615. The minimum absolute atomic E-state index is 0.128. The second-order valence-electron chi connectivity index (χ2n) is 6.13. The van der Waals surface area contributed by atoms with Crippen LogP contribution in [0.2, 0.25) is 0 Å². The van der Waals surface area contributed by atoms with Crippen molar-refractivity contribution in [2.75, 3.05) is 5.01 Å². The molecule has 5 heteroatoms. The maximum absolute atomic E-state index is 11.5. The Morgan fingerprint density at radius 1 is 0.885 bits per heavy atom. The van der Waals surface area contributed by atoms with Gasteiger partial charge in [-0.05, 0) is 23.8 Å².